The summed E-state index contributed by atoms with van der Waals surface area (Å²) in [5.41, 5.74) is 8.31. The lowest BCUT2D eigenvalue weighted by molar-refractivity contribution is 0.292. The molecule has 0 radical (unpaired) electrons. The number of nitrogens with zero attached hydrogens (tertiary/aromatic N) is 4. The van der Waals surface area contributed by atoms with Crippen LogP contribution in [0.5, 0.6) is 6.01 Å². The second-order valence-electron chi connectivity index (χ2n) is 10.5. The molecule has 10 heteroatoms. The van der Waals surface area contributed by atoms with Gasteiger partial charge in [0.2, 0.25) is 0 Å². The van der Waals surface area contributed by atoms with Gasteiger partial charge in [-0.1, -0.05) is 19.9 Å². The van der Waals surface area contributed by atoms with E-state index in [1.807, 2.05) is 19.9 Å². The first kappa shape index (κ1) is 28.1. The van der Waals surface area contributed by atoms with E-state index in [0.717, 1.165) is 36.3 Å². The highest BCUT2D eigenvalue weighted by Crippen LogP contribution is 2.45. The summed E-state index contributed by atoms with van der Waals surface area (Å²) in [7, 11) is 1.42. The zero-order valence-corrected chi connectivity index (χ0v) is 23.8. The molecule has 3 atom stereocenters. The number of thiophene rings is 1. The fourth-order valence-electron chi connectivity index (χ4n) is 5.88. The van der Waals surface area contributed by atoms with Gasteiger partial charge in [0.15, 0.2) is 5.82 Å². The maximum absolute atomic E-state index is 16.1. The first-order valence-electron chi connectivity index (χ1n) is 13.5. The van der Waals surface area contributed by atoms with Gasteiger partial charge in [-0.05, 0) is 68.3 Å². The molecule has 40 heavy (non-hydrogen) atoms. The molecule has 2 aromatic heterocycles. The average molecular weight is 568 g/mol. The molecule has 0 aliphatic carbocycles. The monoisotopic (exact) mass is 567 g/mol. The minimum atomic E-state index is -0.557. The van der Waals surface area contributed by atoms with Crippen LogP contribution in [0, 0.1) is 29.9 Å². The van der Waals surface area contributed by atoms with Gasteiger partial charge in [-0.2, -0.15) is 15.2 Å². The largest absolute Gasteiger partial charge is 0.467 e. The van der Waals surface area contributed by atoms with Crippen LogP contribution in [0.1, 0.15) is 62.3 Å². The van der Waals surface area contributed by atoms with Crippen molar-refractivity contribution in [1.29, 1.82) is 5.26 Å². The number of nitriles is 1. The Bertz CT molecular complexity index is 1620. The minimum absolute atomic E-state index is 0.00276. The van der Waals surface area contributed by atoms with Gasteiger partial charge in [0.25, 0.3) is 0 Å². The predicted octanol–water partition coefficient (Wildman–Crippen LogP) is 7.27. The molecule has 3 unspecified atom stereocenters. The van der Waals surface area contributed by atoms with E-state index >= 15 is 4.39 Å². The summed E-state index contributed by atoms with van der Waals surface area (Å²) >= 11 is 0.989. The summed E-state index contributed by atoms with van der Waals surface area (Å²) in [5, 5.41) is 10.8. The van der Waals surface area contributed by atoms with E-state index in [1.165, 1.54) is 32.1 Å². The normalized spacial score (nSPS) is 19.4. The Morgan fingerprint density at radius 1 is 1.30 bits per heavy atom. The topological polar surface area (TPSA) is 88.1 Å². The number of benzene rings is 2. The Morgan fingerprint density at radius 2 is 2.08 bits per heavy atom. The molecule has 2 fully saturated rings. The Balaban J connectivity index is 0.000000301. The van der Waals surface area contributed by atoms with Gasteiger partial charge in [0.05, 0.1) is 23.1 Å². The molecule has 6 nitrogen and oxygen atoms in total. The van der Waals surface area contributed by atoms with Crippen LogP contribution >= 0.6 is 11.3 Å². The van der Waals surface area contributed by atoms with Gasteiger partial charge < -0.3 is 10.5 Å². The van der Waals surface area contributed by atoms with Crippen LogP contribution in [0.3, 0.4) is 0 Å². The van der Waals surface area contributed by atoms with Crippen LogP contribution in [0.2, 0.25) is 0 Å². The maximum Gasteiger partial charge on any atom is 0.316 e. The molecule has 6 rings (SSSR count). The number of ether oxygens (including phenoxy) is 1. The van der Waals surface area contributed by atoms with Crippen LogP contribution in [-0.4, -0.2) is 47.3 Å². The minimum Gasteiger partial charge on any atom is -0.467 e. The van der Waals surface area contributed by atoms with E-state index in [1.54, 1.807) is 6.92 Å². The number of nitrogen functional groups attached to an aromatic ring is 1. The highest BCUT2D eigenvalue weighted by Gasteiger charge is 2.34. The third-order valence-electron chi connectivity index (χ3n) is 8.12. The second kappa shape index (κ2) is 11.2. The highest BCUT2D eigenvalue weighted by molar-refractivity contribution is 7.23. The number of anilines is 1. The van der Waals surface area contributed by atoms with Crippen molar-refractivity contribution in [3.05, 3.63) is 46.7 Å². The number of hydrogen-bond acceptors (Lipinski definition) is 7. The van der Waals surface area contributed by atoms with Crippen molar-refractivity contribution < 1.29 is 17.9 Å². The molecule has 4 heterocycles. The fourth-order valence-corrected chi connectivity index (χ4v) is 6.83. The summed E-state index contributed by atoms with van der Waals surface area (Å²) in [5.74, 6) is -1.06. The molecule has 0 bridgehead atoms. The number of methoxy groups -OCH3 is 1. The van der Waals surface area contributed by atoms with E-state index in [9.17, 15) is 14.0 Å². The summed E-state index contributed by atoms with van der Waals surface area (Å²) in [6.07, 6.45) is 3.57. The lowest BCUT2D eigenvalue weighted by Crippen LogP contribution is -2.22. The average Bonchev–Trinajstić information content (AvgIpc) is 3.62. The van der Waals surface area contributed by atoms with Gasteiger partial charge in [0.1, 0.15) is 28.6 Å². The quantitative estimate of drug-likeness (QED) is 0.279. The van der Waals surface area contributed by atoms with Crippen molar-refractivity contribution in [2.45, 2.75) is 64.6 Å². The molecule has 0 saturated carbocycles. The van der Waals surface area contributed by atoms with E-state index in [-0.39, 0.29) is 32.7 Å². The first-order chi connectivity index (χ1) is 19.2. The van der Waals surface area contributed by atoms with Crippen molar-refractivity contribution >= 4 is 37.3 Å². The van der Waals surface area contributed by atoms with E-state index in [4.69, 9.17) is 10.5 Å². The van der Waals surface area contributed by atoms with Gasteiger partial charge in [0, 0.05) is 28.9 Å². The number of nitrogens with two attached hydrogens (primary N) is 1. The van der Waals surface area contributed by atoms with Gasteiger partial charge in [-0.15, -0.1) is 11.3 Å². The van der Waals surface area contributed by atoms with Crippen molar-refractivity contribution in [2.75, 3.05) is 25.9 Å². The van der Waals surface area contributed by atoms with Crippen LogP contribution in [0.15, 0.2) is 18.2 Å². The lowest BCUT2D eigenvalue weighted by atomic mass is 9.86. The molecular formula is C30H32F3N5OS. The predicted molar refractivity (Wildman–Crippen MR) is 154 cm³/mol. The summed E-state index contributed by atoms with van der Waals surface area (Å²) in [6.45, 7) is 7.64. The zero-order valence-electron chi connectivity index (χ0n) is 23.0. The standard InChI is InChI=1S/C23H20F2N4OS.C7H12FN/c1-5-10(2)13-8-14-11(3)28-23(30-4)29-20(14)19(25)17(13)12-6-7-16(24)21-18(12)15(9-26)22(27)31-21;8-6-4-7-2-1-3-9(7)5-6/h6-8,10H,5,27H2,1-4H3;6-7H,1-5H2. The third-order valence-corrected chi connectivity index (χ3v) is 9.14. The molecule has 4 aromatic rings. The van der Waals surface area contributed by atoms with E-state index < -0.39 is 17.8 Å². The Hall–Kier alpha value is -3.42. The number of aryl methyl sites for hydroxylation is 1. The first-order valence-corrected chi connectivity index (χ1v) is 14.3. The van der Waals surface area contributed by atoms with Crippen molar-refractivity contribution in [1.82, 2.24) is 14.9 Å². The molecule has 0 spiro atoms. The molecule has 2 aromatic carbocycles. The number of alkyl halides is 1. The molecule has 210 valence electrons. The smallest absolute Gasteiger partial charge is 0.316 e. The molecule has 2 aliphatic heterocycles. The molecular weight excluding hydrogens is 535 g/mol. The number of aromatic nitrogens is 2. The van der Waals surface area contributed by atoms with Crippen molar-refractivity contribution in [3.8, 4) is 23.2 Å². The Morgan fingerprint density at radius 3 is 2.75 bits per heavy atom. The summed E-state index contributed by atoms with van der Waals surface area (Å²) < 4.78 is 48.7. The number of hydrogen-bond donors (Lipinski definition) is 1. The number of fused-ring (bicyclic) bond motifs is 3. The van der Waals surface area contributed by atoms with Crippen LogP contribution < -0.4 is 10.5 Å². The maximum atomic E-state index is 16.1. The van der Waals surface area contributed by atoms with E-state index in [0.29, 0.717) is 40.2 Å². The van der Waals surface area contributed by atoms with Gasteiger partial charge in [-0.25, -0.2) is 13.2 Å². The second-order valence-corrected chi connectivity index (χ2v) is 11.6. The summed E-state index contributed by atoms with van der Waals surface area (Å²) in [6, 6.07) is 7.40. The van der Waals surface area contributed by atoms with Crippen molar-refractivity contribution in [2.24, 2.45) is 0 Å². The molecule has 2 N–H and O–H groups in total. The van der Waals surface area contributed by atoms with Crippen LogP contribution in [-0.2, 0) is 0 Å². The number of halogens is 3. The summed E-state index contributed by atoms with van der Waals surface area (Å²) in [4.78, 5) is 10.8. The molecule has 2 aliphatic rings. The van der Waals surface area contributed by atoms with Gasteiger partial charge >= 0.3 is 6.01 Å². The van der Waals surface area contributed by atoms with Gasteiger partial charge in [-0.3, -0.25) is 4.90 Å². The Labute approximate surface area is 235 Å². The van der Waals surface area contributed by atoms with Crippen LogP contribution in [0.4, 0.5) is 18.2 Å². The highest BCUT2D eigenvalue weighted by atomic mass is 32.1. The SMILES string of the molecule is CCC(C)c1cc2c(C)nc(OC)nc2c(F)c1-c1ccc(F)c2sc(N)c(C#N)c12.FC1CC2CCCN2C1. The zero-order chi connectivity index (χ0) is 28.7. The van der Waals surface area contributed by atoms with E-state index in [2.05, 4.69) is 20.9 Å². The lowest BCUT2D eigenvalue weighted by Gasteiger charge is -2.19. The van der Waals surface area contributed by atoms with Crippen LogP contribution in [0.25, 0.3) is 32.1 Å². The fraction of sp³-hybridized carbons (Fsp3) is 0.433. The van der Waals surface area contributed by atoms with Crippen molar-refractivity contribution in [3.63, 3.8) is 0 Å². The third kappa shape index (κ3) is 4.86. The molecule has 2 saturated heterocycles. The molecule has 0 amide bonds. The Kier molecular flexibility index (Phi) is 7.89. The number of rotatable bonds is 4.